The largest absolute Gasteiger partial charge is 0.489 e. The number of rotatable bonds is 3. The molecule has 3 aliphatic rings. The molecule has 2 atom stereocenters. The third-order valence-corrected chi connectivity index (χ3v) is 8.53. The Bertz CT molecular complexity index is 1630. The fourth-order valence-electron chi connectivity index (χ4n) is 6.44. The first kappa shape index (κ1) is 25.0. The van der Waals surface area contributed by atoms with Crippen LogP contribution in [0.3, 0.4) is 0 Å². The molecule has 3 aliphatic heterocycles. The number of piperidine rings is 1. The first-order chi connectivity index (χ1) is 19.5. The first-order valence-corrected chi connectivity index (χ1v) is 13.9. The Morgan fingerprint density at radius 1 is 1.07 bits per heavy atom. The average molecular weight is 541 g/mol. The van der Waals surface area contributed by atoms with Crippen LogP contribution >= 0.6 is 0 Å². The summed E-state index contributed by atoms with van der Waals surface area (Å²) in [6.45, 7) is 4.34. The molecule has 7 rings (SSSR count). The predicted octanol–water partition coefficient (Wildman–Crippen LogP) is 5.37. The smallest absolute Gasteiger partial charge is 0.143 e. The van der Waals surface area contributed by atoms with E-state index in [2.05, 4.69) is 44.5 Å². The van der Waals surface area contributed by atoms with E-state index in [1.807, 2.05) is 12.1 Å². The van der Waals surface area contributed by atoms with Gasteiger partial charge in [0.2, 0.25) is 0 Å². The van der Waals surface area contributed by atoms with E-state index in [9.17, 15) is 5.26 Å². The summed E-state index contributed by atoms with van der Waals surface area (Å²) in [6, 6.07) is 14.5. The van der Waals surface area contributed by atoms with Crippen molar-refractivity contribution in [3.8, 4) is 34.2 Å². The number of fused-ring (bicyclic) bond motifs is 4. The average Bonchev–Trinajstić information content (AvgIpc) is 3.39. The number of anilines is 1. The van der Waals surface area contributed by atoms with Gasteiger partial charge in [0.15, 0.2) is 0 Å². The van der Waals surface area contributed by atoms with Crippen LogP contribution in [0.1, 0.15) is 36.4 Å². The number of aromatic amines is 1. The van der Waals surface area contributed by atoms with Crippen molar-refractivity contribution < 1.29 is 13.5 Å². The van der Waals surface area contributed by atoms with Crippen molar-refractivity contribution in [3.05, 3.63) is 65.2 Å². The molecular formula is C31H30F2N6O. The van der Waals surface area contributed by atoms with E-state index >= 15 is 8.78 Å². The number of aromatic nitrogens is 2. The first-order valence-electron chi connectivity index (χ1n) is 13.9. The van der Waals surface area contributed by atoms with E-state index in [-0.39, 0.29) is 22.7 Å². The fourth-order valence-corrected chi connectivity index (χ4v) is 6.44. The Balaban J connectivity index is 1.29. The Hall–Kier alpha value is -4.00. The number of benzene rings is 3. The molecule has 3 aromatic carbocycles. The number of nitrogens with one attached hydrogen (secondary N) is 2. The minimum Gasteiger partial charge on any atom is -0.489 e. The van der Waals surface area contributed by atoms with Crippen LogP contribution in [0.4, 0.5) is 14.5 Å². The van der Waals surface area contributed by atoms with Crippen LogP contribution in [0.5, 0.6) is 5.75 Å². The molecular weight excluding hydrogens is 510 g/mol. The maximum atomic E-state index is 15.5. The van der Waals surface area contributed by atoms with Crippen molar-refractivity contribution in [1.82, 2.24) is 20.4 Å². The van der Waals surface area contributed by atoms with Gasteiger partial charge in [-0.25, -0.2) is 8.78 Å². The summed E-state index contributed by atoms with van der Waals surface area (Å²) in [5.74, 6) is -0.549. The Morgan fingerprint density at radius 2 is 1.93 bits per heavy atom. The second-order valence-electron chi connectivity index (χ2n) is 11.1. The normalized spacial score (nSPS) is 21.0. The molecule has 2 fully saturated rings. The van der Waals surface area contributed by atoms with Gasteiger partial charge in [0, 0.05) is 42.2 Å². The third kappa shape index (κ3) is 4.19. The molecule has 4 aromatic rings. The van der Waals surface area contributed by atoms with Gasteiger partial charge in [-0.1, -0.05) is 12.5 Å². The highest BCUT2D eigenvalue weighted by Gasteiger charge is 2.32. The number of hydrogen-bond acceptors (Lipinski definition) is 6. The van der Waals surface area contributed by atoms with Gasteiger partial charge in [-0.2, -0.15) is 10.4 Å². The lowest BCUT2D eigenvalue weighted by molar-refractivity contribution is 0.188. The maximum Gasteiger partial charge on any atom is 0.143 e. The van der Waals surface area contributed by atoms with Crippen molar-refractivity contribution in [2.24, 2.45) is 0 Å². The standard InChI is InChI=1S/C31H30F2N6O/c1-38-8-9-39-21(16-38)17-40-29-13-18(5-6-28(29)39)31-23-14-22(20(15-34)12-27(23)36-37-31)30-24(32)10-19(11-25(30)33)26-4-2-3-7-35-26/h5-6,10-14,21,26,35H,2-4,7-9,16-17H2,1H3,(H,36,37). The van der Waals surface area contributed by atoms with Crippen LogP contribution in [0, 0.1) is 23.0 Å². The van der Waals surface area contributed by atoms with Crippen LogP contribution in [0.15, 0.2) is 42.5 Å². The maximum absolute atomic E-state index is 15.5. The number of H-pyrrole nitrogens is 1. The van der Waals surface area contributed by atoms with Crippen molar-refractivity contribution in [2.45, 2.75) is 31.3 Å². The summed E-state index contributed by atoms with van der Waals surface area (Å²) < 4.78 is 37.2. The van der Waals surface area contributed by atoms with E-state index in [0.717, 1.165) is 62.4 Å². The number of ether oxygens (including phenoxy) is 1. The molecule has 1 aromatic heterocycles. The van der Waals surface area contributed by atoms with Gasteiger partial charge in [-0.3, -0.25) is 5.10 Å². The van der Waals surface area contributed by atoms with Crippen LogP contribution in [-0.4, -0.2) is 61.0 Å². The topological polar surface area (TPSA) is 80.2 Å². The van der Waals surface area contributed by atoms with Gasteiger partial charge in [0.05, 0.1) is 34.4 Å². The summed E-state index contributed by atoms with van der Waals surface area (Å²) in [5, 5.41) is 21.4. The minimum atomic E-state index is -0.674. The molecule has 0 spiro atoms. The number of likely N-dealkylation sites (N-methyl/N-ethyl adjacent to an activating group) is 1. The summed E-state index contributed by atoms with van der Waals surface area (Å²) >= 11 is 0. The predicted molar refractivity (Wildman–Crippen MR) is 150 cm³/mol. The molecule has 204 valence electrons. The number of nitriles is 1. The molecule has 4 heterocycles. The molecule has 2 unspecified atom stereocenters. The lowest BCUT2D eigenvalue weighted by Crippen LogP contribution is -2.56. The van der Waals surface area contributed by atoms with E-state index in [0.29, 0.717) is 34.8 Å². The van der Waals surface area contributed by atoms with Crippen molar-refractivity contribution in [1.29, 1.82) is 5.26 Å². The molecule has 0 radical (unpaired) electrons. The molecule has 40 heavy (non-hydrogen) atoms. The second kappa shape index (κ2) is 9.88. The van der Waals surface area contributed by atoms with Gasteiger partial charge in [-0.05, 0) is 68.4 Å². The zero-order valence-electron chi connectivity index (χ0n) is 22.3. The van der Waals surface area contributed by atoms with Gasteiger partial charge in [0.25, 0.3) is 0 Å². The van der Waals surface area contributed by atoms with E-state index < -0.39 is 11.6 Å². The Morgan fingerprint density at radius 3 is 2.70 bits per heavy atom. The van der Waals surface area contributed by atoms with Crippen molar-refractivity contribution in [3.63, 3.8) is 0 Å². The molecule has 2 N–H and O–H groups in total. The van der Waals surface area contributed by atoms with Crippen LogP contribution < -0.4 is 15.0 Å². The zero-order chi connectivity index (χ0) is 27.4. The summed E-state index contributed by atoms with van der Waals surface area (Å²) in [7, 11) is 2.13. The van der Waals surface area contributed by atoms with E-state index in [1.165, 1.54) is 12.1 Å². The van der Waals surface area contributed by atoms with Crippen LogP contribution in [-0.2, 0) is 0 Å². The molecule has 0 saturated carbocycles. The zero-order valence-corrected chi connectivity index (χ0v) is 22.3. The highest BCUT2D eigenvalue weighted by atomic mass is 19.1. The summed E-state index contributed by atoms with van der Waals surface area (Å²) in [5.41, 5.74) is 3.95. The summed E-state index contributed by atoms with van der Waals surface area (Å²) in [4.78, 5) is 4.72. The summed E-state index contributed by atoms with van der Waals surface area (Å²) in [6.07, 6.45) is 2.92. The number of piperazine rings is 1. The highest BCUT2D eigenvalue weighted by Crippen LogP contribution is 2.41. The number of nitrogens with zero attached hydrogens (tertiary/aromatic N) is 4. The van der Waals surface area contributed by atoms with Crippen LogP contribution in [0.2, 0.25) is 0 Å². The highest BCUT2D eigenvalue weighted by molar-refractivity contribution is 5.98. The SMILES string of the molecule is CN1CCN2c3ccc(-c4n[nH]c5cc(C#N)c(-c6c(F)cc(C7CCCCN7)cc6F)cc45)cc3OCC2C1. The fraction of sp³-hybridized carbons (Fsp3) is 0.355. The van der Waals surface area contributed by atoms with E-state index in [1.54, 1.807) is 12.1 Å². The Kier molecular flexibility index (Phi) is 6.17. The van der Waals surface area contributed by atoms with Gasteiger partial charge in [-0.15, -0.1) is 0 Å². The number of hydrogen-bond donors (Lipinski definition) is 2. The lowest BCUT2D eigenvalue weighted by Gasteiger charge is -2.44. The molecule has 9 heteroatoms. The van der Waals surface area contributed by atoms with Gasteiger partial charge in [0.1, 0.15) is 29.7 Å². The van der Waals surface area contributed by atoms with Crippen LogP contribution in [0.25, 0.3) is 33.3 Å². The van der Waals surface area contributed by atoms with Crippen molar-refractivity contribution in [2.75, 3.05) is 44.7 Å². The van der Waals surface area contributed by atoms with Crippen molar-refractivity contribution >= 4 is 16.6 Å². The monoisotopic (exact) mass is 540 g/mol. The molecule has 2 saturated heterocycles. The molecule has 0 amide bonds. The van der Waals surface area contributed by atoms with Gasteiger partial charge < -0.3 is 19.9 Å². The minimum absolute atomic E-state index is 0.0717. The quantitative estimate of drug-likeness (QED) is 0.364. The van der Waals surface area contributed by atoms with E-state index in [4.69, 9.17) is 4.74 Å². The molecule has 0 bridgehead atoms. The third-order valence-electron chi connectivity index (χ3n) is 8.53. The van der Waals surface area contributed by atoms with Gasteiger partial charge >= 0.3 is 0 Å². The Labute approximate surface area is 231 Å². The second-order valence-corrected chi connectivity index (χ2v) is 11.1. The lowest BCUT2D eigenvalue weighted by atomic mass is 9.92. The molecule has 0 aliphatic carbocycles. The molecule has 7 nitrogen and oxygen atoms in total. The number of halogens is 2.